The smallest absolute Gasteiger partial charge is 0.258 e. The fourth-order valence-corrected chi connectivity index (χ4v) is 1.66. The third-order valence-corrected chi connectivity index (χ3v) is 2.59. The summed E-state index contributed by atoms with van der Waals surface area (Å²) in [6.07, 6.45) is 0. The summed E-state index contributed by atoms with van der Waals surface area (Å²) >= 11 is 0. The number of methoxy groups -OCH3 is 1. The van der Waals surface area contributed by atoms with E-state index in [2.05, 4.69) is 5.32 Å². The Morgan fingerprint density at radius 1 is 1.26 bits per heavy atom. The Morgan fingerprint density at radius 3 is 2.68 bits per heavy atom. The summed E-state index contributed by atoms with van der Waals surface area (Å²) in [7, 11) is 1.48. The number of nitrogens with one attached hydrogen (secondary N) is 1. The van der Waals surface area contributed by atoms with Crippen LogP contribution in [0.15, 0.2) is 42.5 Å². The lowest BCUT2D eigenvalue weighted by Crippen LogP contribution is -2.14. The summed E-state index contributed by atoms with van der Waals surface area (Å²) in [6.45, 7) is 0. The molecule has 2 rings (SSSR count). The number of ether oxygens (including phenoxy) is 1. The number of nitrogens with two attached hydrogens (primary N) is 1. The van der Waals surface area contributed by atoms with Crippen molar-refractivity contribution < 1.29 is 13.9 Å². The summed E-state index contributed by atoms with van der Waals surface area (Å²) in [5.74, 6) is -0.677. The molecule has 0 aliphatic heterocycles. The zero-order valence-electron chi connectivity index (χ0n) is 10.3. The van der Waals surface area contributed by atoms with Gasteiger partial charge in [-0.15, -0.1) is 0 Å². The van der Waals surface area contributed by atoms with E-state index in [1.807, 2.05) is 0 Å². The van der Waals surface area contributed by atoms with Gasteiger partial charge in [0.25, 0.3) is 5.91 Å². The van der Waals surface area contributed by atoms with Crippen molar-refractivity contribution >= 4 is 17.3 Å². The highest BCUT2D eigenvalue weighted by Crippen LogP contribution is 2.27. The van der Waals surface area contributed by atoms with E-state index in [4.69, 9.17) is 10.5 Å². The Hall–Kier alpha value is -2.56. The molecular weight excluding hydrogens is 247 g/mol. The average Bonchev–Trinajstić information content (AvgIpc) is 2.39. The largest absolute Gasteiger partial charge is 0.495 e. The normalized spacial score (nSPS) is 10.0. The van der Waals surface area contributed by atoms with Gasteiger partial charge in [-0.25, -0.2) is 4.39 Å². The van der Waals surface area contributed by atoms with Crippen LogP contribution < -0.4 is 15.8 Å². The zero-order valence-corrected chi connectivity index (χ0v) is 10.3. The van der Waals surface area contributed by atoms with Gasteiger partial charge in [0.05, 0.1) is 18.4 Å². The molecule has 0 bridgehead atoms. The van der Waals surface area contributed by atoms with E-state index in [0.717, 1.165) is 0 Å². The van der Waals surface area contributed by atoms with E-state index < -0.39 is 11.7 Å². The highest BCUT2D eigenvalue weighted by molar-refractivity contribution is 6.05. The molecule has 0 heterocycles. The third kappa shape index (κ3) is 2.82. The predicted molar refractivity (Wildman–Crippen MR) is 71.8 cm³/mol. The second-order valence-corrected chi connectivity index (χ2v) is 3.89. The van der Waals surface area contributed by atoms with E-state index in [1.165, 1.54) is 25.3 Å². The molecule has 0 aromatic heterocycles. The number of rotatable bonds is 3. The van der Waals surface area contributed by atoms with Crippen LogP contribution in [0.4, 0.5) is 15.8 Å². The van der Waals surface area contributed by atoms with Crippen LogP contribution in [0.1, 0.15) is 10.4 Å². The lowest BCUT2D eigenvalue weighted by atomic mass is 10.2. The van der Waals surface area contributed by atoms with Gasteiger partial charge in [0.15, 0.2) is 0 Å². The van der Waals surface area contributed by atoms with Crippen LogP contribution in [-0.4, -0.2) is 13.0 Å². The van der Waals surface area contributed by atoms with E-state index in [0.29, 0.717) is 17.1 Å². The maximum Gasteiger partial charge on any atom is 0.258 e. The van der Waals surface area contributed by atoms with Crippen LogP contribution in [0.25, 0.3) is 0 Å². The highest BCUT2D eigenvalue weighted by Gasteiger charge is 2.13. The molecule has 0 saturated heterocycles. The minimum Gasteiger partial charge on any atom is -0.495 e. The molecule has 1 amide bonds. The van der Waals surface area contributed by atoms with Gasteiger partial charge in [-0.05, 0) is 30.3 Å². The van der Waals surface area contributed by atoms with E-state index >= 15 is 0 Å². The first kappa shape index (κ1) is 12.9. The van der Waals surface area contributed by atoms with Crippen molar-refractivity contribution in [1.29, 1.82) is 0 Å². The molecule has 0 aliphatic rings. The Morgan fingerprint density at radius 2 is 2.00 bits per heavy atom. The van der Waals surface area contributed by atoms with Crippen molar-refractivity contribution in [3.8, 4) is 5.75 Å². The molecule has 19 heavy (non-hydrogen) atoms. The molecule has 0 radical (unpaired) electrons. The third-order valence-electron chi connectivity index (χ3n) is 2.59. The molecule has 4 nitrogen and oxygen atoms in total. The van der Waals surface area contributed by atoms with Crippen LogP contribution in [0, 0.1) is 5.82 Å². The molecule has 3 N–H and O–H groups in total. The van der Waals surface area contributed by atoms with E-state index in [1.54, 1.807) is 24.3 Å². The first-order chi connectivity index (χ1) is 9.11. The molecule has 2 aromatic rings. The quantitative estimate of drug-likeness (QED) is 0.834. The van der Waals surface area contributed by atoms with Gasteiger partial charge in [0.1, 0.15) is 11.6 Å². The van der Waals surface area contributed by atoms with Gasteiger partial charge in [0, 0.05) is 5.69 Å². The van der Waals surface area contributed by atoms with Gasteiger partial charge >= 0.3 is 0 Å². The minimum atomic E-state index is -0.581. The summed E-state index contributed by atoms with van der Waals surface area (Å²) < 4.78 is 18.6. The number of hydrogen-bond acceptors (Lipinski definition) is 3. The number of nitrogen functional groups attached to an aromatic ring is 1. The highest BCUT2D eigenvalue weighted by atomic mass is 19.1. The second kappa shape index (κ2) is 5.39. The van der Waals surface area contributed by atoms with Crippen molar-refractivity contribution in [2.75, 3.05) is 18.2 Å². The number of carbonyl (C=O) groups is 1. The summed E-state index contributed by atoms with van der Waals surface area (Å²) in [5, 5.41) is 2.58. The monoisotopic (exact) mass is 260 g/mol. The topological polar surface area (TPSA) is 64.3 Å². The average molecular weight is 260 g/mol. The molecule has 98 valence electrons. The van der Waals surface area contributed by atoms with Crippen molar-refractivity contribution in [2.45, 2.75) is 0 Å². The summed E-state index contributed by atoms with van der Waals surface area (Å²) in [4.78, 5) is 12.0. The van der Waals surface area contributed by atoms with Gasteiger partial charge < -0.3 is 15.8 Å². The molecule has 5 heteroatoms. The van der Waals surface area contributed by atoms with Gasteiger partial charge in [0.2, 0.25) is 0 Å². The summed E-state index contributed by atoms with van der Waals surface area (Å²) in [5.41, 5.74) is 6.49. The maximum atomic E-state index is 13.5. The Labute approximate surface area is 110 Å². The van der Waals surface area contributed by atoms with Crippen molar-refractivity contribution in [2.24, 2.45) is 0 Å². The number of hydrogen-bond donors (Lipinski definition) is 2. The fraction of sp³-hybridized carbons (Fsp3) is 0.0714. The van der Waals surface area contributed by atoms with Gasteiger partial charge in [-0.1, -0.05) is 12.1 Å². The molecule has 0 aliphatic carbocycles. The first-order valence-corrected chi connectivity index (χ1v) is 5.61. The SMILES string of the molecule is COc1ccc(N)cc1NC(=O)c1ccccc1F. The molecule has 0 saturated carbocycles. The number of amides is 1. The second-order valence-electron chi connectivity index (χ2n) is 3.89. The number of carbonyl (C=O) groups excluding carboxylic acids is 1. The Kier molecular flexibility index (Phi) is 3.66. The predicted octanol–water partition coefficient (Wildman–Crippen LogP) is 2.67. The zero-order chi connectivity index (χ0) is 13.8. The van der Waals surface area contributed by atoms with Crippen molar-refractivity contribution in [3.63, 3.8) is 0 Å². The fourth-order valence-electron chi connectivity index (χ4n) is 1.66. The molecule has 0 unspecified atom stereocenters. The van der Waals surface area contributed by atoms with E-state index in [9.17, 15) is 9.18 Å². The Bertz CT molecular complexity index is 614. The molecule has 0 fully saturated rings. The minimum absolute atomic E-state index is 0.0352. The van der Waals surface area contributed by atoms with Crippen LogP contribution in [0.3, 0.4) is 0 Å². The van der Waals surface area contributed by atoms with Gasteiger partial charge in [-0.3, -0.25) is 4.79 Å². The molecule has 2 aromatic carbocycles. The van der Waals surface area contributed by atoms with Crippen LogP contribution >= 0.6 is 0 Å². The van der Waals surface area contributed by atoms with Crippen molar-refractivity contribution in [1.82, 2.24) is 0 Å². The standard InChI is InChI=1S/C14H13FN2O2/c1-19-13-7-6-9(16)8-12(13)17-14(18)10-4-2-3-5-11(10)15/h2-8H,16H2,1H3,(H,17,18). The lowest BCUT2D eigenvalue weighted by molar-refractivity contribution is 0.102. The number of anilines is 2. The van der Waals surface area contributed by atoms with Gasteiger partial charge in [-0.2, -0.15) is 0 Å². The lowest BCUT2D eigenvalue weighted by Gasteiger charge is -2.11. The van der Waals surface area contributed by atoms with Crippen LogP contribution in [0.2, 0.25) is 0 Å². The Balaban J connectivity index is 2.29. The first-order valence-electron chi connectivity index (χ1n) is 5.61. The van der Waals surface area contributed by atoms with E-state index in [-0.39, 0.29) is 5.56 Å². The van der Waals surface area contributed by atoms with Crippen LogP contribution in [-0.2, 0) is 0 Å². The molecule has 0 atom stereocenters. The summed E-state index contributed by atoms with van der Waals surface area (Å²) in [6, 6.07) is 10.6. The molecule has 0 spiro atoms. The number of halogens is 1. The number of benzene rings is 2. The van der Waals surface area contributed by atoms with Crippen molar-refractivity contribution in [3.05, 3.63) is 53.8 Å². The van der Waals surface area contributed by atoms with Crippen LogP contribution in [0.5, 0.6) is 5.75 Å². The molecular formula is C14H13FN2O2. The maximum absolute atomic E-state index is 13.5.